The Morgan fingerprint density at radius 2 is 1.39 bits per heavy atom. The molecular formula is C20H17NO2. The van der Waals surface area contributed by atoms with Crippen LogP contribution in [0.15, 0.2) is 54.6 Å². The van der Waals surface area contributed by atoms with Crippen LogP contribution in [0.1, 0.15) is 12.8 Å². The summed E-state index contributed by atoms with van der Waals surface area (Å²) in [6.07, 6.45) is 6.38. The van der Waals surface area contributed by atoms with Crippen molar-refractivity contribution in [1.82, 2.24) is 0 Å². The maximum Gasteiger partial charge on any atom is 0.238 e. The number of rotatable bonds is 1. The van der Waals surface area contributed by atoms with E-state index in [9.17, 15) is 9.59 Å². The molecule has 1 aliphatic heterocycles. The van der Waals surface area contributed by atoms with Gasteiger partial charge in [-0.15, -0.1) is 0 Å². The summed E-state index contributed by atoms with van der Waals surface area (Å²) in [5.41, 5.74) is 0.715. The molecule has 114 valence electrons. The van der Waals surface area contributed by atoms with Crippen molar-refractivity contribution >= 4 is 28.3 Å². The van der Waals surface area contributed by atoms with Gasteiger partial charge < -0.3 is 0 Å². The molecule has 2 aromatic rings. The first kappa shape index (κ1) is 13.1. The normalized spacial score (nSPS) is 31.9. The molecule has 0 unspecified atom stereocenters. The van der Waals surface area contributed by atoms with Crippen LogP contribution in [-0.4, -0.2) is 11.8 Å². The average Bonchev–Trinajstić information content (AvgIpc) is 2.89. The highest BCUT2D eigenvalue weighted by atomic mass is 16.2. The summed E-state index contributed by atoms with van der Waals surface area (Å²) in [4.78, 5) is 27.3. The SMILES string of the molecule is O=C1[C@@H]2[C@@H](C(=O)N1c1ccc3ccccc3c1)[C@H]1C=C[C@@H]2CC1. The second kappa shape index (κ2) is 4.54. The third-order valence-corrected chi connectivity index (χ3v) is 5.75. The minimum atomic E-state index is -0.141. The maximum absolute atomic E-state index is 12.9. The van der Waals surface area contributed by atoms with Gasteiger partial charge in [-0.2, -0.15) is 0 Å². The largest absolute Gasteiger partial charge is 0.274 e. The van der Waals surface area contributed by atoms with E-state index in [4.69, 9.17) is 0 Å². The number of anilines is 1. The molecule has 1 heterocycles. The molecule has 3 heteroatoms. The zero-order valence-corrected chi connectivity index (χ0v) is 12.7. The van der Waals surface area contributed by atoms with E-state index in [1.54, 1.807) is 0 Å². The third-order valence-electron chi connectivity index (χ3n) is 5.75. The number of carbonyl (C=O) groups is 2. The number of amides is 2. The number of hydrogen-bond acceptors (Lipinski definition) is 2. The van der Waals surface area contributed by atoms with Crippen molar-refractivity contribution < 1.29 is 9.59 Å². The molecular weight excluding hydrogens is 286 g/mol. The van der Waals surface area contributed by atoms with Crippen LogP contribution in [0.2, 0.25) is 0 Å². The van der Waals surface area contributed by atoms with Crippen molar-refractivity contribution in [3.63, 3.8) is 0 Å². The van der Waals surface area contributed by atoms with Gasteiger partial charge in [0.25, 0.3) is 0 Å². The van der Waals surface area contributed by atoms with E-state index in [-0.39, 0.29) is 35.5 Å². The first-order chi connectivity index (χ1) is 11.2. The molecule has 3 aliphatic carbocycles. The number of benzene rings is 2. The highest BCUT2D eigenvalue weighted by Crippen LogP contribution is 2.50. The van der Waals surface area contributed by atoms with Crippen LogP contribution in [0.4, 0.5) is 5.69 Å². The van der Waals surface area contributed by atoms with E-state index < -0.39 is 0 Å². The lowest BCUT2D eigenvalue weighted by molar-refractivity contribution is -0.124. The van der Waals surface area contributed by atoms with E-state index in [0.29, 0.717) is 5.69 Å². The number of fused-ring (bicyclic) bond motifs is 2. The summed E-state index contributed by atoms with van der Waals surface area (Å²) in [5, 5.41) is 2.18. The van der Waals surface area contributed by atoms with Crippen molar-refractivity contribution in [2.75, 3.05) is 4.90 Å². The molecule has 0 aromatic heterocycles. The monoisotopic (exact) mass is 303 g/mol. The number of carbonyl (C=O) groups excluding carboxylic acids is 2. The molecule has 6 rings (SSSR count). The smallest absolute Gasteiger partial charge is 0.238 e. The Morgan fingerprint density at radius 1 is 0.783 bits per heavy atom. The van der Waals surface area contributed by atoms with Crippen LogP contribution in [0, 0.1) is 23.7 Å². The second-order valence-electron chi connectivity index (χ2n) is 6.88. The van der Waals surface area contributed by atoms with Crippen LogP contribution in [0.5, 0.6) is 0 Å². The number of allylic oxidation sites excluding steroid dienone is 2. The standard InChI is InChI=1S/C20H17NO2/c22-19-17-13-5-6-14(8-7-13)18(17)20(23)21(19)16-10-9-12-3-1-2-4-15(12)11-16/h1-6,9-11,13-14,17-18H,7-8H2/t13-,14+,17-,18-/m0/s1. The van der Waals surface area contributed by atoms with E-state index in [1.165, 1.54) is 4.90 Å². The van der Waals surface area contributed by atoms with E-state index >= 15 is 0 Å². The number of hydrogen-bond donors (Lipinski definition) is 0. The fourth-order valence-corrected chi connectivity index (χ4v) is 4.64. The first-order valence-electron chi connectivity index (χ1n) is 8.29. The lowest BCUT2D eigenvalue weighted by Gasteiger charge is -2.38. The molecule has 3 nitrogen and oxygen atoms in total. The van der Waals surface area contributed by atoms with Gasteiger partial charge in [0, 0.05) is 0 Å². The minimum absolute atomic E-state index is 0.00525. The Bertz CT molecular complexity index is 837. The van der Waals surface area contributed by atoms with Crippen molar-refractivity contribution in [3.8, 4) is 0 Å². The summed E-state index contributed by atoms with van der Waals surface area (Å²) in [5.74, 6) is 0.193. The lowest BCUT2D eigenvalue weighted by atomic mass is 9.63. The second-order valence-corrected chi connectivity index (χ2v) is 6.88. The summed E-state index contributed by atoms with van der Waals surface area (Å²) in [6.45, 7) is 0. The molecule has 1 saturated carbocycles. The van der Waals surface area contributed by atoms with Gasteiger partial charge in [-0.25, -0.2) is 4.90 Å². The molecule has 2 bridgehead atoms. The fraction of sp³-hybridized carbons (Fsp3) is 0.300. The molecule has 2 aromatic carbocycles. The van der Waals surface area contributed by atoms with Gasteiger partial charge in [0.05, 0.1) is 17.5 Å². The van der Waals surface area contributed by atoms with Crippen molar-refractivity contribution in [2.24, 2.45) is 23.7 Å². The van der Waals surface area contributed by atoms with Crippen molar-refractivity contribution in [2.45, 2.75) is 12.8 Å². The Labute approximate surface area is 134 Å². The van der Waals surface area contributed by atoms with Crippen LogP contribution in [-0.2, 0) is 9.59 Å². The van der Waals surface area contributed by atoms with Gasteiger partial charge in [0.2, 0.25) is 11.8 Å². The molecule has 0 N–H and O–H groups in total. The molecule has 1 saturated heterocycles. The zero-order chi connectivity index (χ0) is 15.6. The van der Waals surface area contributed by atoms with Gasteiger partial charge in [-0.05, 0) is 47.6 Å². The highest BCUT2D eigenvalue weighted by molar-refractivity contribution is 6.23. The average molecular weight is 303 g/mol. The maximum atomic E-state index is 12.9. The molecule has 4 aliphatic rings. The Morgan fingerprint density at radius 3 is 2.00 bits per heavy atom. The molecule has 2 amide bonds. The quantitative estimate of drug-likeness (QED) is 0.597. The van der Waals surface area contributed by atoms with Crippen LogP contribution in [0.25, 0.3) is 10.8 Å². The minimum Gasteiger partial charge on any atom is -0.274 e. The van der Waals surface area contributed by atoms with Crippen molar-refractivity contribution in [1.29, 1.82) is 0 Å². The van der Waals surface area contributed by atoms with E-state index in [2.05, 4.69) is 12.2 Å². The van der Waals surface area contributed by atoms with Crippen LogP contribution in [0.3, 0.4) is 0 Å². The Kier molecular flexibility index (Phi) is 2.58. The summed E-state index contributed by atoms with van der Waals surface area (Å²) < 4.78 is 0. The summed E-state index contributed by atoms with van der Waals surface area (Å²) in [6, 6.07) is 13.9. The van der Waals surface area contributed by atoms with Gasteiger partial charge in [-0.3, -0.25) is 9.59 Å². The first-order valence-corrected chi connectivity index (χ1v) is 8.29. The predicted octanol–water partition coefficient (Wildman–Crippen LogP) is 3.54. The number of nitrogens with zero attached hydrogens (tertiary/aromatic N) is 1. The van der Waals surface area contributed by atoms with Gasteiger partial charge in [0.15, 0.2) is 0 Å². The fourth-order valence-electron chi connectivity index (χ4n) is 4.64. The molecule has 0 spiro atoms. The lowest BCUT2D eigenvalue weighted by Crippen LogP contribution is -2.38. The van der Waals surface area contributed by atoms with E-state index in [0.717, 1.165) is 23.6 Å². The summed E-state index contributed by atoms with van der Waals surface area (Å²) >= 11 is 0. The summed E-state index contributed by atoms with van der Waals surface area (Å²) in [7, 11) is 0. The third kappa shape index (κ3) is 1.70. The van der Waals surface area contributed by atoms with E-state index in [1.807, 2.05) is 42.5 Å². The zero-order valence-electron chi connectivity index (χ0n) is 12.7. The highest BCUT2D eigenvalue weighted by Gasteiger charge is 2.56. The Hall–Kier alpha value is -2.42. The molecule has 2 fully saturated rings. The Balaban J connectivity index is 1.60. The van der Waals surface area contributed by atoms with Crippen molar-refractivity contribution in [3.05, 3.63) is 54.6 Å². The molecule has 4 atom stereocenters. The predicted molar refractivity (Wildman–Crippen MR) is 88.8 cm³/mol. The topological polar surface area (TPSA) is 37.4 Å². The van der Waals surface area contributed by atoms with Crippen LogP contribution < -0.4 is 4.90 Å². The van der Waals surface area contributed by atoms with Crippen LogP contribution >= 0.6 is 0 Å². The molecule has 23 heavy (non-hydrogen) atoms. The van der Waals surface area contributed by atoms with Gasteiger partial charge in [0.1, 0.15) is 0 Å². The number of imide groups is 1. The molecule has 0 radical (unpaired) electrons. The van der Waals surface area contributed by atoms with Gasteiger partial charge >= 0.3 is 0 Å². The van der Waals surface area contributed by atoms with Gasteiger partial charge in [-0.1, -0.05) is 42.5 Å².